The smallest absolute Gasteiger partial charge is 0.255 e. The third-order valence-corrected chi connectivity index (χ3v) is 2.77. The van der Waals surface area contributed by atoms with Gasteiger partial charge in [0.1, 0.15) is 0 Å². The average molecular weight is 270 g/mol. The van der Waals surface area contributed by atoms with E-state index >= 15 is 0 Å². The first kappa shape index (κ1) is 12.3. The number of nitrogens with zero attached hydrogens (tertiary/aromatic N) is 7. The Kier molecular flexibility index (Phi) is 3.12. The summed E-state index contributed by atoms with van der Waals surface area (Å²) in [4.78, 5) is 13.1. The molecule has 20 heavy (non-hydrogen) atoms. The number of anilines is 1. The van der Waals surface area contributed by atoms with Crippen LogP contribution in [0.4, 0.5) is 5.95 Å². The second-order valence-corrected chi connectivity index (χ2v) is 4.07. The van der Waals surface area contributed by atoms with Gasteiger partial charge in [-0.3, -0.25) is 4.68 Å². The van der Waals surface area contributed by atoms with Gasteiger partial charge in [-0.05, 0) is 13.0 Å². The molecule has 0 amide bonds. The summed E-state index contributed by atoms with van der Waals surface area (Å²) in [6, 6.07) is 1.82. The van der Waals surface area contributed by atoms with Crippen LogP contribution in [-0.4, -0.2) is 41.6 Å². The first-order chi connectivity index (χ1) is 9.80. The normalized spacial score (nSPS) is 10.7. The summed E-state index contributed by atoms with van der Waals surface area (Å²) in [5.74, 6) is 1.52. The molecule has 3 aromatic heterocycles. The molecule has 0 atom stereocenters. The molecule has 3 rings (SSSR count). The largest absolute Gasteiger partial charge is 0.357 e. The van der Waals surface area contributed by atoms with E-state index in [2.05, 4.69) is 30.5 Å². The van der Waals surface area contributed by atoms with Crippen LogP contribution < -0.4 is 5.32 Å². The highest BCUT2D eigenvalue weighted by atomic mass is 15.4. The Balaban J connectivity index is 2.08. The summed E-state index contributed by atoms with van der Waals surface area (Å²) in [5, 5.41) is 11.3. The van der Waals surface area contributed by atoms with Crippen LogP contribution in [0.3, 0.4) is 0 Å². The van der Waals surface area contributed by atoms with Crippen molar-refractivity contribution in [3.8, 4) is 17.3 Å². The van der Waals surface area contributed by atoms with E-state index in [-0.39, 0.29) is 0 Å². The summed E-state index contributed by atoms with van der Waals surface area (Å²) in [7, 11) is 1.77. The highest BCUT2D eigenvalue weighted by Crippen LogP contribution is 2.16. The topological polar surface area (TPSA) is 86.3 Å². The summed E-state index contributed by atoms with van der Waals surface area (Å²) >= 11 is 0. The predicted octanol–water partition coefficient (Wildman–Crippen LogP) is 0.982. The zero-order chi connectivity index (χ0) is 13.9. The maximum Gasteiger partial charge on any atom is 0.255 e. The maximum atomic E-state index is 4.43. The molecule has 1 N–H and O–H groups in total. The van der Waals surface area contributed by atoms with Crippen LogP contribution in [0.2, 0.25) is 0 Å². The molecule has 0 aliphatic carbocycles. The van der Waals surface area contributed by atoms with Crippen molar-refractivity contribution in [2.45, 2.75) is 13.5 Å². The summed E-state index contributed by atoms with van der Waals surface area (Å²) in [6.07, 6.45) is 7.11. The molecule has 3 heterocycles. The van der Waals surface area contributed by atoms with Crippen LogP contribution in [-0.2, 0) is 6.54 Å². The van der Waals surface area contributed by atoms with Gasteiger partial charge in [-0.15, -0.1) is 0 Å². The highest BCUT2D eigenvalue weighted by Gasteiger charge is 2.11. The Hall–Kier alpha value is -2.77. The van der Waals surface area contributed by atoms with Crippen molar-refractivity contribution >= 4 is 5.95 Å². The molecule has 0 aliphatic rings. The molecule has 0 saturated carbocycles. The maximum absolute atomic E-state index is 4.43. The van der Waals surface area contributed by atoms with E-state index in [0.717, 1.165) is 12.1 Å². The van der Waals surface area contributed by atoms with Crippen LogP contribution in [0.15, 0.2) is 30.9 Å². The minimum Gasteiger partial charge on any atom is -0.357 e. The predicted molar refractivity (Wildman–Crippen MR) is 73.4 cm³/mol. The lowest BCUT2D eigenvalue weighted by atomic mass is 10.3. The van der Waals surface area contributed by atoms with E-state index in [1.54, 1.807) is 30.3 Å². The van der Waals surface area contributed by atoms with E-state index < -0.39 is 0 Å². The zero-order valence-electron chi connectivity index (χ0n) is 11.2. The fourth-order valence-corrected chi connectivity index (χ4v) is 1.75. The van der Waals surface area contributed by atoms with Crippen LogP contribution in [0.1, 0.15) is 6.92 Å². The van der Waals surface area contributed by atoms with Crippen LogP contribution >= 0.6 is 0 Å². The first-order valence-electron chi connectivity index (χ1n) is 6.27. The number of aromatic nitrogens is 7. The van der Waals surface area contributed by atoms with Gasteiger partial charge in [0.15, 0.2) is 5.82 Å². The van der Waals surface area contributed by atoms with Gasteiger partial charge >= 0.3 is 0 Å². The Labute approximate surface area is 115 Å². The van der Waals surface area contributed by atoms with Gasteiger partial charge in [-0.25, -0.2) is 4.68 Å². The van der Waals surface area contributed by atoms with Crippen molar-refractivity contribution < 1.29 is 0 Å². The summed E-state index contributed by atoms with van der Waals surface area (Å²) in [6.45, 7) is 2.83. The molecule has 0 saturated heterocycles. The molecule has 0 aromatic carbocycles. The second-order valence-electron chi connectivity index (χ2n) is 4.07. The molecular weight excluding hydrogens is 256 g/mol. The molecule has 3 aromatic rings. The molecule has 0 radical (unpaired) electrons. The Morgan fingerprint density at radius 2 is 2.10 bits per heavy atom. The van der Waals surface area contributed by atoms with Crippen LogP contribution in [0, 0.1) is 0 Å². The number of hydrogen-bond donors (Lipinski definition) is 1. The molecule has 0 unspecified atom stereocenters. The SMILES string of the molecule is CCn1cc(-c2nc(NC)nc(-n3cccn3)n2)cn1. The Morgan fingerprint density at radius 3 is 2.75 bits per heavy atom. The van der Waals surface area contributed by atoms with Gasteiger partial charge in [0.05, 0.1) is 11.8 Å². The van der Waals surface area contributed by atoms with Gasteiger partial charge < -0.3 is 5.32 Å². The quantitative estimate of drug-likeness (QED) is 0.760. The molecule has 0 fully saturated rings. The van der Waals surface area contributed by atoms with Gasteiger partial charge in [-0.2, -0.15) is 25.1 Å². The third-order valence-electron chi connectivity index (χ3n) is 2.77. The molecule has 0 aliphatic heterocycles. The van der Waals surface area contributed by atoms with E-state index in [9.17, 15) is 0 Å². The lowest BCUT2D eigenvalue weighted by Gasteiger charge is -2.05. The van der Waals surface area contributed by atoms with Crippen LogP contribution in [0.25, 0.3) is 17.3 Å². The number of hydrogen-bond acceptors (Lipinski definition) is 6. The van der Waals surface area contributed by atoms with Crippen molar-refractivity contribution in [1.29, 1.82) is 0 Å². The molecular formula is C12H14N8. The van der Waals surface area contributed by atoms with Crippen molar-refractivity contribution in [2.75, 3.05) is 12.4 Å². The molecule has 0 bridgehead atoms. The van der Waals surface area contributed by atoms with Crippen molar-refractivity contribution in [2.24, 2.45) is 0 Å². The molecule has 8 heteroatoms. The second kappa shape index (κ2) is 5.08. The molecule has 0 spiro atoms. The van der Waals surface area contributed by atoms with Crippen molar-refractivity contribution in [3.05, 3.63) is 30.9 Å². The van der Waals surface area contributed by atoms with Gasteiger partial charge in [0, 0.05) is 32.2 Å². The average Bonchev–Trinajstić information content (AvgIpc) is 3.17. The Bertz CT molecular complexity index is 700. The minimum absolute atomic E-state index is 0.466. The lowest BCUT2D eigenvalue weighted by molar-refractivity contribution is 0.660. The van der Waals surface area contributed by atoms with E-state index in [1.807, 2.05) is 23.9 Å². The summed E-state index contributed by atoms with van der Waals surface area (Å²) in [5.41, 5.74) is 0.846. The van der Waals surface area contributed by atoms with E-state index in [0.29, 0.717) is 17.7 Å². The summed E-state index contributed by atoms with van der Waals surface area (Å²) < 4.78 is 3.42. The lowest BCUT2D eigenvalue weighted by Crippen LogP contribution is -2.08. The third kappa shape index (κ3) is 2.22. The van der Waals surface area contributed by atoms with Crippen molar-refractivity contribution in [1.82, 2.24) is 34.5 Å². The highest BCUT2D eigenvalue weighted by molar-refractivity contribution is 5.54. The van der Waals surface area contributed by atoms with E-state index in [1.165, 1.54) is 0 Å². The molecule has 8 nitrogen and oxygen atoms in total. The van der Waals surface area contributed by atoms with Crippen molar-refractivity contribution in [3.63, 3.8) is 0 Å². The van der Waals surface area contributed by atoms with E-state index in [4.69, 9.17) is 0 Å². The van der Waals surface area contributed by atoms with Gasteiger partial charge in [-0.1, -0.05) is 0 Å². The fraction of sp³-hybridized carbons (Fsp3) is 0.250. The van der Waals surface area contributed by atoms with Crippen LogP contribution in [0.5, 0.6) is 0 Å². The first-order valence-corrected chi connectivity index (χ1v) is 6.27. The van der Waals surface area contributed by atoms with Gasteiger partial charge in [0.2, 0.25) is 5.95 Å². The Morgan fingerprint density at radius 1 is 1.20 bits per heavy atom. The zero-order valence-corrected chi connectivity index (χ0v) is 11.2. The minimum atomic E-state index is 0.466. The standard InChI is InChI=1S/C12H14N8/c1-3-19-8-9(7-15-19)10-16-11(13-2)18-12(17-10)20-6-4-5-14-20/h4-8H,3H2,1-2H3,(H,13,16,17,18). The number of rotatable bonds is 4. The number of nitrogens with one attached hydrogen (secondary N) is 1. The fourth-order valence-electron chi connectivity index (χ4n) is 1.75. The monoisotopic (exact) mass is 270 g/mol. The molecule has 102 valence electrons. The number of aryl methyl sites for hydroxylation is 1. The van der Waals surface area contributed by atoms with Gasteiger partial charge in [0.25, 0.3) is 5.95 Å².